The van der Waals surface area contributed by atoms with Gasteiger partial charge in [0.25, 0.3) is 0 Å². The van der Waals surface area contributed by atoms with Crippen LogP contribution in [0.2, 0.25) is 0 Å². The van der Waals surface area contributed by atoms with Crippen molar-refractivity contribution in [2.75, 3.05) is 0 Å². The Morgan fingerprint density at radius 2 is 1.27 bits per heavy atom. The van der Waals surface area contributed by atoms with Gasteiger partial charge < -0.3 is 0 Å². The molecule has 0 spiro atoms. The molecule has 0 fully saturated rings. The Hall–Kier alpha value is -4.10. The molecule has 48 heavy (non-hydrogen) atoms. The van der Waals surface area contributed by atoms with Gasteiger partial charge in [-0.05, 0) is 121 Å². The van der Waals surface area contributed by atoms with Crippen LogP contribution in [-0.4, -0.2) is 6.71 Å². The van der Waals surface area contributed by atoms with Gasteiger partial charge >= 0.3 is 0 Å². The highest BCUT2D eigenvalue weighted by atomic mass is 14.4. The maximum Gasteiger partial charge on any atom is 0.244 e. The first-order chi connectivity index (χ1) is 22.9. The van der Waals surface area contributed by atoms with Gasteiger partial charge in [0.2, 0.25) is 6.71 Å². The zero-order chi connectivity index (χ0) is 33.5. The number of benzene rings is 5. The maximum atomic E-state index is 2.55. The Labute approximate surface area is 289 Å². The quantitative estimate of drug-likeness (QED) is 0.168. The fraction of sp³-hybridized carbons (Fsp3) is 0.319. The van der Waals surface area contributed by atoms with E-state index in [1.54, 1.807) is 0 Å². The summed E-state index contributed by atoms with van der Waals surface area (Å²) in [6.45, 7) is 19.1. The van der Waals surface area contributed by atoms with E-state index in [2.05, 4.69) is 159 Å². The Bertz CT molecular complexity index is 2100. The lowest BCUT2D eigenvalue weighted by atomic mass is 9.37. The fourth-order valence-corrected chi connectivity index (χ4v) is 8.87. The number of hydrogen-bond donors (Lipinski definition) is 0. The molecular formula is C47H49B. The molecule has 5 aromatic rings. The Morgan fingerprint density at radius 3 is 2.00 bits per heavy atom. The predicted molar refractivity (Wildman–Crippen MR) is 210 cm³/mol. The van der Waals surface area contributed by atoms with E-state index >= 15 is 0 Å². The third kappa shape index (κ3) is 5.04. The summed E-state index contributed by atoms with van der Waals surface area (Å²) in [7, 11) is 0. The van der Waals surface area contributed by atoms with Gasteiger partial charge in [0.15, 0.2) is 0 Å². The van der Waals surface area contributed by atoms with Gasteiger partial charge in [0.1, 0.15) is 0 Å². The van der Waals surface area contributed by atoms with Crippen molar-refractivity contribution in [2.24, 2.45) is 0 Å². The van der Waals surface area contributed by atoms with Crippen molar-refractivity contribution in [3.63, 3.8) is 0 Å². The molecule has 2 heterocycles. The average Bonchev–Trinajstić information content (AvgIpc) is 3.33. The molecule has 0 nitrogen and oxygen atoms in total. The number of allylic oxidation sites excluding steroid dienone is 1. The van der Waals surface area contributed by atoms with Crippen molar-refractivity contribution in [1.82, 2.24) is 0 Å². The summed E-state index contributed by atoms with van der Waals surface area (Å²) in [4.78, 5) is 0. The van der Waals surface area contributed by atoms with Gasteiger partial charge in [-0.25, -0.2) is 0 Å². The first-order valence-electron chi connectivity index (χ1n) is 18.3. The van der Waals surface area contributed by atoms with Crippen molar-refractivity contribution >= 4 is 34.8 Å². The minimum Gasteiger partial charge on any atom is -0.0664 e. The van der Waals surface area contributed by atoms with Gasteiger partial charge in [-0.15, -0.1) is 0 Å². The lowest BCUT2D eigenvalue weighted by Gasteiger charge is -2.42. The first kappa shape index (κ1) is 31.2. The number of fused-ring (bicyclic) bond motifs is 6. The molecule has 0 N–H and O–H groups in total. The zero-order valence-corrected chi connectivity index (χ0v) is 30.2. The van der Waals surface area contributed by atoms with E-state index in [4.69, 9.17) is 0 Å². The van der Waals surface area contributed by atoms with Crippen LogP contribution in [0.5, 0.6) is 0 Å². The van der Waals surface area contributed by atoms with E-state index < -0.39 is 0 Å². The molecule has 8 rings (SSSR count). The van der Waals surface area contributed by atoms with Gasteiger partial charge in [-0.1, -0.05) is 163 Å². The average molecular weight is 625 g/mol. The zero-order valence-electron chi connectivity index (χ0n) is 30.2. The topological polar surface area (TPSA) is 0 Å². The second kappa shape index (κ2) is 11.2. The molecule has 0 aromatic heterocycles. The summed E-state index contributed by atoms with van der Waals surface area (Å²) in [6.07, 6.45) is 5.92. The molecule has 5 aromatic carbocycles. The standard InChI is InChI=1S/C47H49B/c1-29(2)32-15-13-31(14-16-32)23-36-25-37-24-35(34-18-20-41-42(27-34)47(7,8)22-21-46(41,5)6)26-40-39-11-9-10-12-43(39)48(45(37)40)44-28-33(30(3)4)17-19-38(36)44/h9-20,24-30H,21-23H2,1-8H3. The van der Waals surface area contributed by atoms with Crippen LogP contribution >= 0.6 is 0 Å². The van der Waals surface area contributed by atoms with E-state index in [1.165, 1.54) is 96.0 Å². The molecule has 0 saturated carbocycles. The molecule has 0 saturated heterocycles. The predicted octanol–water partition coefficient (Wildman–Crippen LogP) is 10.5. The fourth-order valence-electron chi connectivity index (χ4n) is 8.87. The van der Waals surface area contributed by atoms with Crippen molar-refractivity contribution in [3.05, 3.63) is 136 Å². The smallest absolute Gasteiger partial charge is 0.0664 e. The third-order valence-corrected chi connectivity index (χ3v) is 12.0. The van der Waals surface area contributed by atoms with Gasteiger partial charge in [-0.2, -0.15) is 0 Å². The van der Waals surface area contributed by atoms with Crippen molar-refractivity contribution in [2.45, 2.75) is 97.3 Å². The highest BCUT2D eigenvalue weighted by Gasteiger charge is 2.40. The largest absolute Gasteiger partial charge is 0.244 e. The highest BCUT2D eigenvalue weighted by molar-refractivity contribution is 7.00. The van der Waals surface area contributed by atoms with Crippen molar-refractivity contribution in [1.29, 1.82) is 0 Å². The summed E-state index contributed by atoms with van der Waals surface area (Å²) in [5, 5.41) is 0. The molecule has 0 amide bonds. The summed E-state index contributed by atoms with van der Waals surface area (Å²) >= 11 is 0. The minimum atomic E-state index is 0.176. The Morgan fingerprint density at radius 1 is 0.583 bits per heavy atom. The van der Waals surface area contributed by atoms with E-state index in [1.807, 2.05) is 0 Å². The van der Waals surface area contributed by atoms with E-state index in [-0.39, 0.29) is 17.5 Å². The normalized spacial score (nSPS) is 16.6. The highest BCUT2D eigenvalue weighted by Crippen LogP contribution is 2.47. The minimum absolute atomic E-state index is 0.176. The second-order valence-corrected chi connectivity index (χ2v) is 16.8. The lowest BCUT2D eigenvalue weighted by Crippen LogP contribution is -2.50. The van der Waals surface area contributed by atoms with Crippen LogP contribution in [0.4, 0.5) is 0 Å². The molecule has 0 bridgehead atoms. The molecule has 0 unspecified atom stereocenters. The van der Waals surface area contributed by atoms with Crippen LogP contribution in [0.25, 0.3) is 33.9 Å². The summed E-state index contributed by atoms with van der Waals surface area (Å²) in [5.41, 5.74) is 21.6. The monoisotopic (exact) mass is 624 g/mol. The van der Waals surface area contributed by atoms with Gasteiger partial charge in [0.05, 0.1) is 0 Å². The van der Waals surface area contributed by atoms with Gasteiger partial charge in [0, 0.05) is 0 Å². The van der Waals surface area contributed by atoms with Gasteiger partial charge in [-0.3, -0.25) is 0 Å². The van der Waals surface area contributed by atoms with Crippen LogP contribution in [0.1, 0.15) is 119 Å². The summed E-state index contributed by atoms with van der Waals surface area (Å²) in [5.74, 6) is 1.01. The van der Waals surface area contributed by atoms with Crippen molar-refractivity contribution < 1.29 is 0 Å². The van der Waals surface area contributed by atoms with Crippen molar-refractivity contribution in [3.8, 4) is 22.3 Å². The molecule has 1 aliphatic carbocycles. The lowest BCUT2D eigenvalue weighted by molar-refractivity contribution is 0.332. The van der Waals surface area contributed by atoms with E-state index in [0.29, 0.717) is 11.8 Å². The molecule has 0 radical (unpaired) electrons. The van der Waals surface area contributed by atoms with E-state index in [9.17, 15) is 0 Å². The molecule has 1 heteroatoms. The SMILES string of the molecule is CC(C)c1ccc(CC2=Cc3cc(-c4ccc5c(c4)C(C)(C)CCC5(C)C)cc4c3B(c3cc(C(C)C)ccc32)c2ccccc2-4)cc1. The molecule has 2 aliphatic heterocycles. The Kier molecular flexibility index (Phi) is 7.30. The van der Waals surface area contributed by atoms with Crippen LogP contribution in [-0.2, 0) is 17.3 Å². The Balaban J connectivity index is 1.36. The second-order valence-electron chi connectivity index (χ2n) is 16.8. The maximum absolute atomic E-state index is 2.55. The number of hydrogen-bond acceptors (Lipinski definition) is 0. The van der Waals surface area contributed by atoms with Crippen LogP contribution in [0.15, 0.2) is 97.1 Å². The van der Waals surface area contributed by atoms with Crippen LogP contribution in [0, 0.1) is 0 Å². The molecule has 0 atom stereocenters. The third-order valence-electron chi connectivity index (χ3n) is 12.0. The molecular weight excluding hydrogens is 575 g/mol. The molecule has 240 valence electrons. The summed E-state index contributed by atoms with van der Waals surface area (Å²) in [6, 6.07) is 38.3. The van der Waals surface area contributed by atoms with Crippen LogP contribution < -0.4 is 16.4 Å². The van der Waals surface area contributed by atoms with Crippen LogP contribution in [0.3, 0.4) is 0 Å². The van der Waals surface area contributed by atoms with E-state index in [0.717, 1.165) is 6.42 Å². The summed E-state index contributed by atoms with van der Waals surface area (Å²) < 4.78 is 0. The first-order valence-corrected chi connectivity index (χ1v) is 18.3. The number of rotatable bonds is 5. The molecule has 3 aliphatic rings.